The van der Waals surface area contributed by atoms with Gasteiger partial charge in [0.1, 0.15) is 23.9 Å². The molecule has 1 N–H and O–H groups in total. The molecular weight excluding hydrogens is 328 g/mol. The van der Waals surface area contributed by atoms with Gasteiger partial charge in [-0.2, -0.15) is 0 Å². The predicted molar refractivity (Wildman–Crippen MR) is 102 cm³/mol. The van der Waals surface area contributed by atoms with Crippen LogP contribution < -0.4 is 10.1 Å². The number of ether oxygens (including phenoxy) is 1. The molecule has 1 aliphatic heterocycles. The molecular formula is C20H26N4O2. The first kappa shape index (κ1) is 18.2. The molecule has 1 fully saturated rings. The molecule has 1 aromatic heterocycles. The molecule has 3 rings (SSSR count). The van der Waals surface area contributed by atoms with Crippen LogP contribution in [0, 0.1) is 13.8 Å². The highest BCUT2D eigenvalue weighted by Gasteiger charge is 2.21. The average molecular weight is 354 g/mol. The Morgan fingerprint density at radius 1 is 1.23 bits per heavy atom. The molecule has 2 heterocycles. The Labute approximate surface area is 154 Å². The molecule has 1 aliphatic rings. The number of nitrogens with zero attached hydrogens (tertiary/aromatic N) is 3. The smallest absolute Gasteiger partial charge is 0.274 e. The molecule has 0 radical (unpaired) electrons. The van der Waals surface area contributed by atoms with Crippen molar-refractivity contribution in [2.45, 2.75) is 39.7 Å². The van der Waals surface area contributed by atoms with Gasteiger partial charge in [0, 0.05) is 13.1 Å². The first-order chi connectivity index (χ1) is 12.5. The van der Waals surface area contributed by atoms with E-state index in [1.165, 1.54) is 6.20 Å². The zero-order chi connectivity index (χ0) is 18.5. The molecule has 1 unspecified atom stereocenters. The summed E-state index contributed by atoms with van der Waals surface area (Å²) in [7, 11) is 0. The Kier molecular flexibility index (Phi) is 5.71. The fourth-order valence-corrected chi connectivity index (χ4v) is 3.15. The number of rotatable bonds is 6. The summed E-state index contributed by atoms with van der Waals surface area (Å²) in [5.74, 6) is 1.47. The van der Waals surface area contributed by atoms with Crippen LogP contribution in [-0.2, 0) is 0 Å². The summed E-state index contributed by atoms with van der Waals surface area (Å²) in [6.07, 6.45) is 5.29. The van der Waals surface area contributed by atoms with Gasteiger partial charge in [0.2, 0.25) is 0 Å². The van der Waals surface area contributed by atoms with Crippen LogP contribution >= 0.6 is 0 Å². The van der Waals surface area contributed by atoms with Gasteiger partial charge >= 0.3 is 0 Å². The maximum atomic E-state index is 12.4. The minimum absolute atomic E-state index is 0.0282. The zero-order valence-electron chi connectivity index (χ0n) is 15.7. The van der Waals surface area contributed by atoms with Gasteiger partial charge in [-0.05, 0) is 44.7 Å². The van der Waals surface area contributed by atoms with Gasteiger partial charge in [-0.3, -0.25) is 9.78 Å². The van der Waals surface area contributed by atoms with Crippen molar-refractivity contribution in [2.75, 3.05) is 25.0 Å². The lowest BCUT2D eigenvalue weighted by Crippen LogP contribution is -2.29. The average Bonchev–Trinajstić information content (AvgIpc) is 3.15. The standard InChI is InChI=1S/C20H26N4O2/c1-14-7-6-8-15(2)19(14)26-13-16(3)22-18-12-21-11-17(23-18)20(25)24-9-4-5-10-24/h6-8,11-12,16H,4-5,9-10,13H2,1-3H3,(H,22,23). The third-order valence-corrected chi connectivity index (χ3v) is 4.53. The molecule has 0 spiro atoms. The number of nitrogens with one attached hydrogen (secondary N) is 1. The molecule has 1 atom stereocenters. The number of para-hydroxylation sites is 1. The highest BCUT2D eigenvalue weighted by molar-refractivity contribution is 5.92. The molecule has 6 heteroatoms. The summed E-state index contributed by atoms with van der Waals surface area (Å²) >= 11 is 0. The van der Waals surface area contributed by atoms with E-state index < -0.39 is 0 Å². The molecule has 138 valence electrons. The van der Waals surface area contributed by atoms with E-state index in [4.69, 9.17) is 4.74 Å². The summed E-state index contributed by atoms with van der Waals surface area (Å²) in [6.45, 7) is 8.21. The minimum Gasteiger partial charge on any atom is -0.491 e. The van der Waals surface area contributed by atoms with Crippen molar-refractivity contribution in [3.8, 4) is 5.75 Å². The highest BCUT2D eigenvalue weighted by atomic mass is 16.5. The molecule has 1 amide bonds. The molecule has 0 aliphatic carbocycles. The van der Waals surface area contributed by atoms with Crippen molar-refractivity contribution in [2.24, 2.45) is 0 Å². The van der Waals surface area contributed by atoms with Gasteiger partial charge in [0.15, 0.2) is 0 Å². The Balaban J connectivity index is 1.60. The van der Waals surface area contributed by atoms with E-state index in [0.717, 1.165) is 42.8 Å². The Morgan fingerprint density at radius 3 is 2.62 bits per heavy atom. The van der Waals surface area contributed by atoms with E-state index in [0.29, 0.717) is 18.1 Å². The topological polar surface area (TPSA) is 67.3 Å². The van der Waals surface area contributed by atoms with Gasteiger partial charge in [0.25, 0.3) is 5.91 Å². The molecule has 1 aromatic carbocycles. The molecule has 2 aromatic rings. The van der Waals surface area contributed by atoms with Gasteiger partial charge < -0.3 is 15.0 Å². The fourth-order valence-electron chi connectivity index (χ4n) is 3.15. The van der Waals surface area contributed by atoms with Crippen LogP contribution in [0.4, 0.5) is 5.82 Å². The Morgan fingerprint density at radius 2 is 1.92 bits per heavy atom. The molecule has 0 bridgehead atoms. The van der Waals surface area contributed by atoms with E-state index in [-0.39, 0.29) is 11.9 Å². The quantitative estimate of drug-likeness (QED) is 0.863. The number of amides is 1. The second kappa shape index (κ2) is 8.17. The zero-order valence-corrected chi connectivity index (χ0v) is 15.7. The summed E-state index contributed by atoms with van der Waals surface area (Å²) < 4.78 is 5.97. The summed E-state index contributed by atoms with van der Waals surface area (Å²) in [6, 6.07) is 6.14. The summed E-state index contributed by atoms with van der Waals surface area (Å²) in [5.41, 5.74) is 2.63. The maximum absolute atomic E-state index is 12.4. The largest absolute Gasteiger partial charge is 0.491 e. The number of hydrogen-bond donors (Lipinski definition) is 1. The van der Waals surface area contributed by atoms with Crippen LogP contribution in [0.15, 0.2) is 30.6 Å². The molecule has 6 nitrogen and oxygen atoms in total. The van der Waals surface area contributed by atoms with Gasteiger partial charge in [-0.25, -0.2) is 4.98 Å². The second-order valence-corrected chi connectivity index (χ2v) is 6.87. The van der Waals surface area contributed by atoms with Crippen molar-refractivity contribution in [3.05, 3.63) is 47.4 Å². The number of anilines is 1. The van der Waals surface area contributed by atoms with Crippen LogP contribution in [0.2, 0.25) is 0 Å². The number of aryl methyl sites for hydroxylation is 2. The third-order valence-electron chi connectivity index (χ3n) is 4.53. The third kappa shape index (κ3) is 4.31. The molecule has 0 saturated carbocycles. The van der Waals surface area contributed by atoms with Crippen molar-refractivity contribution in [1.29, 1.82) is 0 Å². The number of carbonyl (C=O) groups excluding carboxylic acids is 1. The van der Waals surface area contributed by atoms with Crippen molar-refractivity contribution < 1.29 is 9.53 Å². The predicted octanol–water partition coefficient (Wildman–Crippen LogP) is 3.21. The van der Waals surface area contributed by atoms with Gasteiger partial charge in [-0.15, -0.1) is 0 Å². The highest BCUT2D eigenvalue weighted by Crippen LogP contribution is 2.22. The first-order valence-corrected chi connectivity index (χ1v) is 9.11. The lowest BCUT2D eigenvalue weighted by molar-refractivity contribution is 0.0786. The number of hydrogen-bond acceptors (Lipinski definition) is 5. The van der Waals surface area contributed by atoms with Crippen molar-refractivity contribution >= 4 is 11.7 Å². The SMILES string of the molecule is Cc1cccc(C)c1OCC(C)Nc1cncc(C(=O)N2CCCC2)n1. The fraction of sp³-hybridized carbons (Fsp3) is 0.450. The summed E-state index contributed by atoms with van der Waals surface area (Å²) in [4.78, 5) is 22.9. The lowest BCUT2D eigenvalue weighted by Gasteiger charge is -2.18. The number of likely N-dealkylation sites (tertiary alicyclic amines) is 1. The second-order valence-electron chi connectivity index (χ2n) is 6.87. The van der Waals surface area contributed by atoms with E-state index in [1.807, 2.05) is 43.9 Å². The van der Waals surface area contributed by atoms with E-state index in [1.54, 1.807) is 6.20 Å². The normalized spacial score (nSPS) is 15.0. The summed E-state index contributed by atoms with van der Waals surface area (Å²) in [5, 5.41) is 3.27. The van der Waals surface area contributed by atoms with Crippen LogP contribution in [0.25, 0.3) is 0 Å². The first-order valence-electron chi connectivity index (χ1n) is 9.11. The van der Waals surface area contributed by atoms with Gasteiger partial charge in [0.05, 0.1) is 18.4 Å². The molecule has 26 heavy (non-hydrogen) atoms. The lowest BCUT2D eigenvalue weighted by atomic mass is 10.1. The minimum atomic E-state index is -0.0434. The van der Waals surface area contributed by atoms with Crippen LogP contribution in [-0.4, -0.2) is 46.5 Å². The Hall–Kier alpha value is -2.63. The van der Waals surface area contributed by atoms with E-state index in [9.17, 15) is 4.79 Å². The maximum Gasteiger partial charge on any atom is 0.274 e. The van der Waals surface area contributed by atoms with Crippen LogP contribution in [0.3, 0.4) is 0 Å². The number of aromatic nitrogens is 2. The van der Waals surface area contributed by atoms with Crippen molar-refractivity contribution in [1.82, 2.24) is 14.9 Å². The number of benzene rings is 1. The van der Waals surface area contributed by atoms with Crippen LogP contribution in [0.5, 0.6) is 5.75 Å². The molecule has 1 saturated heterocycles. The number of carbonyl (C=O) groups is 1. The Bertz CT molecular complexity index is 752. The monoisotopic (exact) mass is 354 g/mol. The van der Waals surface area contributed by atoms with Crippen LogP contribution in [0.1, 0.15) is 41.4 Å². The van der Waals surface area contributed by atoms with E-state index in [2.05, 4.69) is 15.3 Å². The van der Waals surface area contributed by atoms with E-state index >= 15 is 0 Å². The van der Waals surface area contributed by atoms with Gasteiger partial charge in [-0.1, -0.05) is 18.2 Å². The van der Waals surface area contributed by atoms with Crippen molar-refractivity contribution in [3.63, 3.8) is 0 Å².